The zero-order valence-corrected chi connectivity index (χ0v) is 9.87. The number of benzene rings is 1. The van der Waals surface area contributed by atoms with Gasteiger partial charge in [-0.05, 0) is 38.0 Å². The number of nitrogens with one attached hydrogen (secondary N) is 2. The van der Waals surface area contributed by atoms with Crippen LogP contribution < -0.4 is 15.8 Å². The molecule has 1 atom stereocenters. The van der Waals surface area contributed by atoms with Gasteiger partial charge >= 0.3 is 6.03 Å². The Morgan fingerprint density at radius 2 is 2.19 bits per heavy atom. The summed E-state index contributed by atoms with van der Waals surface area (Å²) in [6, 6.07) is 7.75. The van der Waals surface area contributed by atoms with Crippen LogP contribution in [-0.4, -0.2) is 11.7 Å². The molecule has 0 spiro atoms. The Bertz CT molecular complexity index is 418. The maximum atomic E-state index is 11.8. The van der Waals surface area contributed by atoms with Crippen LogP contribution in [0.4, 0.5) is 10.5 Å². The Labute approximate surface area is 95.6 Å². The average Bonchev–Trinajstić information content (AvgIpc) is 2.55. The van der Waals surface area contributed by atoms with Crippen molar-refractivity contribution in [3.63, 3.8) is 0 Å². The lowest BCUT2D eigenvalue weighted by Crippen LogP contribution is -2.47. The lowest BCUT2D eigenvalue weighted by molar-refractivity contribution is 0.247. The Kier molecular flexibility index (Phi) is 2.59. The quantitative estimate of drug-likeness (QED) is 0.800. The molecule has 1 aliphatic rings. The van der Waals surface area contributed by atoms with E-state index in [-0.39, 0.29) is 11.7 Å². The number of hydrogen-bond donors (Lipinski definition) is 2. The molecule has 16 heavy (non-hydrogen) atoms. The van der Waals surface area contributed by atoms with E-state index in [0.717, 1.165) is 17.7 Å². The van der Waals surface area contributed by atoms with Gasteiger partial charge in [-0.2, -0.15) is 0 Å². The normalized spacial score (nSPS) is 24.7. The third kappa shape index (κ3) is 1.88. The van der Waals surface area contributed by atoms with E-state index in [9.17, 15) is 4.79 Å². The second kappa shape index (κ2) is 3.79. The van der Waals surface area contributed by atoms with Gasteiger partial charge in [-0.1, -0.05) is 19.1 Å². The van der Waals surface area contributed by atoms with Gasteiger partial charge in [0.25, 0.3) is 0 Å². The van der Waals surface area contributed by atoms with Crippen LogP contribution in [0, 0.1) is 6.92 Å². The van der Waals surface area contributed by atoms with Crippen molar-refractivity contribution in [3.05, 3.63) is 29.8 Å². The first kappa shape index (κ1) is 11.0. The van der Waals surface area contributed by atoms with Gasteiger partial charge in [-0.25, -0.2) is 15.2 Å². The maximum Gasteiger partial charge on any atom is 0.338 e. The zero-order valence-electron chi connectivity index (χ0n) is 9.87. The van der Waals surface area contributed by atoms with E-state index >= 15 is 0 Å². The Balaban J connectivity index is 2.27. The predicted octanol–water partition coefficient (Wildman–Crippen LogP) is 2.16. The van der Waals surface area contributed by atoms with Crippen molar-refractivity contribution in [2.75, 3.05) is 5.01 Å². The molecule has 1 aromatic rings. The Morgan fingerprint density at radius 3 is 2.75 bits per heavy atom. The maximum absolute atomic E-state index is 11.8. The van der Waals surface area contributed by atoms with Crippen molar-refractivity contribution >= 4 is 11.7 Å². The number of hydrazine groups is 1. The first-order valence-corrected chi connectivity index (χ1v) is 5.51. The molecule has 0 unspecified atom stereocenters. The largest absolute Gasteiger partial charge is 0.338 e. The molecule has 2 rings (SSSR count). The number of carbonyl (C=O) groups excluding carboxylic acids is 1. The summed E-state index contributed by atoms with van der Waals surface area (Å²) in [4.78, 5) is 11.8. The second-order valence-electron chi connectivity index (χ2n) is 4.40. The summed E-state index contributed by atoms with van der Waals surface area (Å²) in [5.41, 5.74) is 4.84. The molecule has 0 aromatic heterocycles. The molecule has 0 saturated carbocycles. The molecule has 4 nitrogen and oxygen atoms in total. The summed E-state index contributed by atoms with van der Waals surface area (Å²) in [5.74, 6) is 0. The number of hydrogen-bond acceptors (Lipinski definition) is 2. The number of rotatable bonds is 2. The SMILES string of the molecule is CC[C@]1(C)NC(=O)N(c2cccc(C)c2)N1. The van der Waals surface area contributed by atoms with Crippen LogP contribution in [0.5, 0.6) is 0 Å². The van der Waals surface area contributed by atoms with Gasteiger partial charge in [0.15, 0.2) is 0 Å². The number of carbonyl (C=O) groups is 1. The Hall–Kier alpha value is -1.55. The fourth-order valence-electron chi connectivity index (χ4n) is 1.73. The van der Waals surface area contributed by atoms with Crippen LogP contribution in [-0.2, 0) is 0 Å². The van der Waals surface area contributed by atoms with Crippen LogP contribution in [0.2, 0.25) is 0 Å². The molecule has 0 radical (unpaired) electrons. The van der Waals surface area contributed by atoms with Crippen molar-refractivity contribution in [1.82, 2.24) is 10.7 Å². The van der Waals surface area contributed by atoms with Crippen molar-refractivity contribution in [1.29, 1.82) is 0 Å². The van der Waals surface area contributed by atoms with Gasteiger partial charge in [0, 0.05) is 0 Å². The molecule has 1 saturated heterocycles. The lowest BCUT2D eigenvalue weighted by atomic mass is 10.2. The standard InChI is InChI=1S/C12H17N3O/c1-4-12(3)13-11(16)15(14-12)10-7-5-6-9(2)8-10/h5-8,14H,4H2,1-3H3,(H,13,16)/t12-/m1/s1. The molecule has 1 aromatic carbocycles. The molecule has 0 aliphatic carbocycles. The van der Waals surface area contributed by atoms with Gasteiger partial charge in [-0.3, -0.25) is 0 Å². The molecule has 1 aliphatic heterocycles. The van der Waals surface area contributed by atoms with Crippen LogP contribution in [0.15, 0.2) is 24.3 Å². The second-order valence-corrected chi connectivity index (χ2v) is 4.40. The summed E-state index contributed by atoms with van der Waals surface area (Å²) < 4.78 is 0. The van der Waals surface area contributed by atoms with E-state index in [0.29, 0.717) is 0 Å². The Morgan fingerprint density at radius 1 is 1.44 bits per heavy atom. The molecule has 0 bridgehead atoms. The first-order valence-electron chi connectivity index (χ1n) is 5.51. The lowest BCUT2D eigenvalue weighted by Gasteiger charge is -2.23. The number of amides is 2. The highest BCUT2D eigenvalue weighted by atomic mass is 16.2. The van der Waals surface area contributed by atoms with E-state index in [1.165, 1.54) is 0 Å². The predicted molar refractivity (Wildman–Crippen MR) is 64.0 cm³/mol. The minimum atomic E-state index is -0.346. The number of anilines is 1. The third-order valence-corrected chi connectivity index (χ3v) is 2.91. The summed E-state index contributed by atoms with van der Waals surface area (Å²) in [5, 5.41) is 4.49. The number of nitrogens with zero attached hydrogens (tertiary/aromatic N) is 1. The molecule has 2 N–H and O–H groups in total. The molecule has 1 heterocycles. The summed E-state index contributed by atoms with van der Waals surface area (Å²) in [6.07, 6.45) is 0.834. The number of aryl methyl sites for hydroxylation is 1. The van der Waals surface area contributed by atoms with Crippen molar-refractivity contribution in [2.45, 2.75) is 32.9 Å². The molecular formula is C12H17N3O. The van der Waals surface area contributed by atoms with Crippen LogP contribution in [0.3, 0.4) is 0 Å². The van der Waals surface area contributed by atoms with E-state index < -0.39 is 0 Å². The minimum absolute atomic E-state index is 0.102. The molecule has 2 amide bonds. The molecule has 4 heteroatoms. The van der Waals surface area contributed by atoms with Gasteiger partial charge in [0.1, 0.15) is 5.66 Å². The molecule has 1 fully saturated rings. The molecular weight excluding hydrogens is 202 g/mol. The molecule has 86 valence electrons. The monoisotopic (exact) mass is 219 g/mol. The highest BCUT2D eigenvalue weighted by Crippen LogP contribution is 2.21. The first-order chi connectivity index (χ1) is 7.54. The van der Waals surface area contributed by atoms with Crippen molar-refractivity contribution < 1.29 is 4.79 Å². The van der Waals surface area contributed by atoms with Gasteiger partial charge in [0.05, 0.1) is 5.69 Å². The van der Waals surface area contributed by atoms with Crippen LogP contribution in [0.1, 0.15) is 25.8 Å². The zero-order chi connectivity index (χ0) is 11.8. The van der Waals surface area contributed by atoms with Crippen molar-refractivity contribution in [3.8, 4) is 0 Å². The fourth-order valence-corrected chi connectivity index (χ4v) is 1.73. The highest BCUT2D eigenvalue weighted by molar-refractivity contribution is 5.93. The van der Waals surface area contributed by atoms with Gasteiger partial charge in [-0.15, -0.1) is 0 Å². The van der Waals surface area contributed by atoms with E-state index in [1.54, 1.807) is 5.01 Å². The average molecular weight is 219 g/mol. The smallest absolute Gasteiger partial charge is 0.317 e. The minimum Gasteiger partial charge on any atom is -0.317 e. The topological polar surface area (TPSA) is 44.4 Å². The summed E-state index contributed by atoms with van der Waals surface area (Å²) in [6.45, 7) is 6.02. The van der Waals surface area contributed by atoms with E-state index in [4.69, 9.17) is 0 Å². The van der Waals surface area contributed by atoms with E-state index in [2.05, 4.69) is 10.7 Å². The highest BCUT2D eigenvalue weighted by Gasteiger charge is 2.37. The van der Waals surface area contributed by atoms with Gasteiger partial charge in [0.2, 0.25) is 0 Å². The van der Waals surface area contributed by atoms with Crippen molar-refractivity contribution in [2.24, 2.45) is 0 Å². The van der Waals surface area contributed by atoms with Gasteiger partial charge < -0.3 is 5.32 Å². The summed E-state index contributed by atoms with van der Waals surface area (Å²) >= 11 is 0. The summed E-state index contributed by atoms with van der Waals surface area (Å²) in [7, 11) is 0. The number of urea groups is 1. The third-order valence-electron chi connectivity index (χ3n) is 2.91. The van der Waals surface area contributed by atoms with Crippen LogP contribution >= 0.6 is 0 Å². The van der Waals surface area contributed by atoms with Crippen LogP contribution in [0.25, 0.3) is 0 Å². The fraction of sp³-hybridized carbons (Fsp3) is 0.417. The van der Waals surface area contributed by atoms with E-state index in [1.807, 2.05) is 45.0 Å².